The summed E-state index contributed by atoms with van der Waals surface area (Å²) in [7, 11) is 0. The summed E-state index contributed by atoms with van der Waals surface area (Å²) in [6.07, 6.45) is 4.95. The molecule has 2 heterocycles. The van der Waals surface area contributed by atoms with E-state index in [0.717, 1.165) is 27.7 Å². The smallest absolute Gasteiger partial charge is 0.123 e. The molecule has 0 aliphatic rings. The van der Waals surface area contributed by atoms with Crippen LogP contribution in [0, 0.1) is 25.5 Å². The first-order chi connectivity index (χ1) is 14.0. The van der Waals surface area contributed by atoms with Crippen LogP contribution in [0.1, 0.15) is 22.4 Å². The second kappa shape index (κ2) is 8.03. The van der Waals surface area contributed by atoms with Gasteiger partial charge in [0.05, 0.1) is 17.8 Å². The van der Waals surface area contributed by atoms with Crippen LogP contribution in [0.2, 0.25) is 0 Å². The van der Waals surface area contributed by atoms with E-state index in [9.17, 15) is 8.78 Å². The predicted octanol–water partition coefficient (Wildman–Crippen LogP) is 5.33. The SMILES string of the molecule is Cc1c(C)n(NC(Cc2ccc(F)cc2)Cc2cccc(F)c2)c2cnccc12. The van der Waals surface area contributed by atoms with Gasteiger partial charge in [-0.1, -0.05) is 24.3 Å². The molecule has 1 unspecified atom stereocenters. The molecule has 4 aromatic rings. The molecule has 0 spiro atoms. The van der Waals surface area contributed by atoms with Gasteiger partial charge in [0.25, 0.3) is 0 Å². The van der Waals surface area contributed by atoms with Crippen LogP contribution in [-0.4, -0.2) is 15.7 Å². The van der Waals surface area contributed by atoms with Crippen molar-refractivity contribution in [2.75, 3.05) is 5.43 Å². The third-order valence-electron chi connectivity index (χ3n) is 5.40. The zero-order valence-corrected chi connectivity index (χ0v) is 16.5. The molecule has 148 valence electrons. The van der Waals surface area contributed by atoms with Crippen molar-refractivity contribution in [2.24, 2.45) is 0 Å². The Morgan fingerprint density at radius 3 is 2.45 bits per heavy atom. The summed E-state index contributed by atoms with van der Waals surface area (Å²) < 4.78 is 29.1. The molecular weight excluding hydrogens is 368 g/mol. The Morgan fingerprint density at radius 1 is 0.931 bits per heavy atom. The molecule has 0 amide bonds. The predicted molar refractivity (Wildman–Crippen MR) is 113 cm³/mol. The van der Waals surface area contributed by atoms with E-state index in [-0.39, 0.29) is 17.7 Å². The van der Waals surface area contributed by atoms with E-state index in [2.05, 4.69) is 28.9 Å². The first-order valence-electron chi connectivity index (χ1n) is 9.68. The molecule has 0 aliphatic heterocycles. The Morgan fingerprint density at radius 2 is 1.69 bits per heavy atom. The number of halogens is 2. The summed E-state index contributed by atoms with van der Waals surface area (Å²) >= 11 is 0. The van der Waals surface area contributed by atoms with Crippen molar-refractivity contribution < 1.29 is 8.78 Å². The van der Waals surface area contributed by atoms with E-state index in [1.165, 1.54) is 23.8 Å². The Kier molecular flexibility index (Phi) is 5.30. The molecule has 0 saturated heterocycles. The topological polar surface area (TPSA) is 29.9 Å². The van der Waals surface area contributed by atoms with Crippen LogP contribution in [0.15, 0.2) is 67.0 Å². The lowest BCUT2D eigenvalue weighted by Crippen LogP contribution is -2.32. The van der Waals surface area contributed by atoms with Gasteiger partial charge in [-0.3, -0.25) is 9.66 Å². The molecule has 0 saturated carbocycles. The maximum absolute atomic E-state index is 13.7. The van der Waals surface area contributed by atoms with E-state index in [1.807, 2.05) is 18.3 Å². The van der Waals surface area contributed by atoms with Crippen molar-refractivity contribution in [3.05, 3.63) is 101 Å². The molecule has 1 N–H and O–H groups in total. The average molecular weight is 391 g/mol. The van der Waals surface area contributed by atoms with Gasteiger partial charge >= 0.3 is 0 Å². The molecule has 1 atom stereocenters. The second-order valence-electron chi connectivity index (χ2n) is 7.43. The summed E-state index contributed by atoms with van der Waals surface area (Å²) in [5, 5.41) is 1.15. The monoisotopic (exact) mass is 391 g/mol. The maximum Gasteiger partial charge on any atom is 0.123 e. The number of aryl methyl sites for hydroxylation is 1. The van der Waals surface area contributed by atoms with Gasteiger partial charge in [-0.2, -0.15) is 0 Å². The van der Waals surface area contributed by atoms with E-state index in [1.54, 1.807) is 30.5 Å². The van der Waals surface area contributed by atoms with Crippen LogP contribution < -0.4 is 5.43 Å². The minimum atomic E-state index is -0.252. The summed E-state index contributed by atoms with van der Waals surface area (Å²) in [6, 6.07) is 15.2. The van der Waals surface area contributed by atoms with Gasteiger partial charge in [0.1, 0.15) is 11.6 Å². The number of fused-ring (bicyclic) bond motifs is 1. The molecule has 2 aromatic carbocycles. The van der Waals surface area contributed by atoms with Crippen LogP contribution >= 0.6 is 0 Å². The number of aromatic nitrogens is 2. The number of benzene rings is 2. The average Bonchev–Trinajstić information content (AvgIpc) is 2.95. The third kappa shape index (κ3) is 4.14. The molecule has 0 radical (unpaired) electrons. The molecule has 4 rings (SSSR count). The summed E-state index contributed by atoms with van der Waals surface area (Å²) in [5.74, 6) is -0.497. The number of nitrogens with zero attached hydrogens (tertiary/aromatic N) is 2. The first-order valence-corrected chi connectivity index (χ1v) is 9.68. The van der Waals surface area contributed by atoms with Crippen LogP contribution in [0.3, 0.4) is 0 Å². The van der Waals surface area contributed by atoms with E-state index >= 15 is 0 Å². The van der Waals surface area contributed by atoms with Crippen molar-refractivity contribution in [2.45, 2.75) is 32.7 Å². The minimum Gasteiger partial charge on any atom is -0.322 e. The fraction of sp³-hybridized carbons (Fsp3) is 0.208. The van der Waals surface area contributed by atoms with Crippen molar-refractivity contribution >= 4 is 10.9 Å². The zero-order valence-electron chi connectivity index (χ0n) is 16.5. The van der Waals surface area contributed by atoms with Crippen molar-refractivity contribution in [1.82, 2.24) is 9.66 Å². The maximum atomic E-state index is 13.7. The highest BCUT2D eigenvalue weighted by atomic mass is 19.1. The normalized spacial score (nSPS) is 12.3. The Labute approximate surface area is 169 Å². The molecule has 3 nitrogen and oxygen atoms in total. The van der Waals surface area contributed by atoms with Gasteiger partial charge in [0.2, 0.25) is 0 Å². The summed E-state index contributed by atoms with van der Waals surface area (Å²) in [6.45, 7) is 4.16. The molecular formula is C24H23F2N3. The van der Waals surface area contributed by atoms with Crippen molar-refractivity contribution in [3.8, 4) is 0 Å². The Hall–Kier alpha value is -3.21. The van der Waals surface area contributed by atoms with Gasteiger partial charge in [0.15, 0.2) is 0 Å². The van der Waals surface area contributed by atoms with Gasteiger partial charge in [-0.05, 0) is 73.7 Å². The Balaban J connectivity index is 1.68. The highest BCUT2D eigenvalue weighted by Gasteiger charge is 2.16. The lowest BCUT2D eigenvalue weighted by atomic mass is 9.99. The number of nitrogens with one attached hydrogen (secondary N) is 1. The van der Waals surface area contributed by atoms with Gasteiger partial charge in [-0.15, -0.1) is 0 Å². The molecule has 0 bridgehead atoms. The number of rotatable bonds is 6. The molecule has 5 heteroatoms. The largest absolute Gasteiger partial charge is 0.322 e. The molecule has 29 heavy (non-hydrogen) atoms. The van der Waals surface area contributed by atoms with Crippen LogP contribution in [0.25, 0.3) is 10.9 Å². The van der Waals surface area contributed by atoms with E-state index in [0.29, 0.717) is 12.8 Å². The fourth-order valence-electron chi connectivity index (χ4n) is 3.79. The third-order valence-corrected chi connectivity index (χ3v) is 5.40. The fourth-order valence-corrected chi connectivity index (χ4v) is 3.79. The standard InChI is InChI=1S/C24H23F2N3/c1-16-17(2)29(24-15-27-11-10-23(16)24)28-22(13-18-6-8-20(25)9-7-18)14-19-4-3-5-21(26)12-19/h3-12,15,22,28H,13-14H2,1-2H3. The van der Waals surface area contributed by atoms with Gasteiger partial charge < -0.3 is 5.43 Å². The quantitative estimate of drug-likeness (QED) is 0.482. The first kappa shape index (κ1) is 19.1. The lowest BCUT2D eigenvalue weighted by Gasteiger charge is -2.23. The number of hydrogen-bond acceptors (Lipinski definition) is 2. The van der Waals surface area contributed by atoms with Crippen molar-refractivity contribution in [1.29, 1.82) is 0 Å². The van der Waals surface area contributed by atoms with E-state index in [4.69, 9.17) is 0 Å². The lowest BCUT2D eigenvalue weighted by molar-refractivity contribution is 0.607. The van der Waals surface area contributed by atoms with Crippen LogP contribution in [-0.2, 0) is 12.8 Å². The number of hydrogen-bond donors (Lipinski definition) is 1. The summed E-state index contributed by atoms with van der Waals surface area (Å²) in [5.41, 5.74) is 8.84. The highest BCUT2D eigenvalue weighted by molar-refractivity contribution is 5.84. The number of pyridine rings is 1. The highest BCUT2D eigenvalue weighted by Crippen LogP contribution is 2.24. The van der Waals surface area contributed by atoms with Crippen LogP contribution in [0.5, 0.6) is 0 Å². The Bertz CT molecular complexity index is 1130. The van der Waals surface area contributed by atoms with Crippen molar-refractivity contribution in [3.63, 3.8) is 0 Å². The molecule has 0 aliphatic carbocycles. The van der Waals surface area contributed by atoms with Crippen LogP contribution in [0.4, 0.5) is 8.78 Å². The molecule has 0 fully saturated rings. The summed E-state index contributed by atoms with van der Waals surface area (Å²) in [4.78, 5) is 4.27. The van der Waals surface area contributed by atoms with Gasteiger partial charge in [-0.25, -0.2) is 8.78 Å². The zero-order chi connectivity index (χ0) is 20.4. The van der Waals surface area contributed by atoms with E-state index < -0.39 is 0 Å². The molecule has 2 aromatic heterocycles. The minimum absolute atomic E-state index is 0.0174. The second-order valence-corrected chi connectivity index (χ2v) is 7.43. The van der Waals surface area contributed by atoms with Gasteiger partial charge in [0, 0.05) is 17.3 Å².